The summed E-state index contributed by atoms with van der Waals surface area (Å²) in [6.07, 6.45) is 2.99. The van der Waals surface area contributed by atoms with E-state index in [1.54, 1.807) is 12.3 Å². The van der Waals surface area contributed by atoms with Crippen LogP contribution in [0.25, 0.3) is 0 Å². The Hall–Kier alpha value is -1.62. The molecule has 0 fully saturated rings. The summed E-state index contributed by atoms with van der Waals surface area (Å²) in [6, 6.07) is 9.32. The highest BCUT2D eigenvalue weighted by Gasteiger charge is 2.11. The molecule has 0 aliphatic rings. The second kappa shape index (κ2) is 7.41. The molecule has 5 heteroatoms. The summed E-state index contributed by atoms with van der Waals surface area (Å²) in [5.41, 5.74) is 2.95. The summed E-state index contributed by atoms with van der Waals surface area (Å²) in [5.74, 6) is 0. The zero-order chi connectivity index (χ0) is 15.2. The number of nitrogens with zero attached hydrogens (tertiary/aromatic N) is 2. The molecule has 0 unspecified atom stereocenters. The third-order valence-electron chi connectivity index (χ3n) is 3.28. The van der Waals surface area contributed by atoms with Gasteiger partial charge in [0.05, 0.1) is 6.10 Å². The van der Waals surface area contributed by atoms with Crippen LogP contribution in [0.3, 0.4) is 0 Å². The van der Waals surface area contributed by atoms with Crippen molar-refractivity contribution in [2.75, 3.05) is 25.5 Å². The Morgan fingerprint density at radius 3 is 2.76 bits per heavy atom. The van der Waals surface area contributed by atoms with Crippen LogP contribution in [-0.2, 0) is 6.54 Å². The number of hydrogen-bond acceptors (Lipinski definition) is 4. The largest absolute Gasteiger partial charge is 0.387 e. The number of aliphatic hydroxyl groups excluding tert-OH is 1. The Morgan fingerprint density at radius 2 is 2.05 bits per heavy atom. The van der Waals surface area contributed by atoms with E-state index in [2.05, 4.69) is 10.3 Å². The van der Waals surface area contributed by atoms with Crippen molar-refractivity contribution >= 4 is 17.3 Å². The number of aromatic nitrogens is 1. The molecule has 1 aromatic heterocycles. The first-order valence-corrected chi connectivity index (χ1v) is 7.21. The molecule has 2 aromatic rings. The van der Waals surface area contributed by atoms with Crippen molar-refractivity contribution in [3.8, 4) is 0 Å². The fourth-order valence-electron chi connectivity index (χ4n) is 2.19. The van der Waals surface area contributed by atoms with Crippen molar-refractivity contribution in [2.24, 2.45) is 0 Å². The summed E-state index contributed by atoms with van der Waals surface area (Å²) in [4.78, 5) is 6.19. The molecule has 4 nitrogen and oxygen atoms in total. The molecule has 1 heterocycles. The van der Waals surface area contributed by atoms with Gasteiger partial charge in [0.2, 0.25) is 0 Å². The van der Waals surface area contributed by atoms with Gasteiger partial charge < -0.3 is 15.3 Å². The van der Waals surface area contributed by atoms with Crippen LogP contribution >= 0.6 is 11.6 Å². The molecule has 1 atom stereocenters. The average Bonchev–Trinajstić information content (AvgIpc) is 2.48. The first kappa shape index (κ1) is 15.8. The van der Waals surface area contributed by atoms with Crippen LogP contribution in [0.2, 0.25) is 5.02 Å². The summed E-state index contributed by atoms with van der Waals surface area (Å²) in [5, 5.41) is 14.0. The molecule has 0 radical (unpaired) electrons. The standard InChI is InChI=1S/C16H20ClN3O/c1-20(2)15-7-8-18-9-12(15)10-19-11-16(21)13-5-3-4-6-14(13)17/h3-9,16,19,21H,10-11H2,1-2H3/t16-/m1/s1. The number of hydrogen-bond donors (Lipinski definition) is 2. The lowest BCUT2D eigenvalue weighted by Crippen LogP contribution is -2.23. The van der Waals surface area contributed by atoms with Gasteiger partial charge in [-0.15, -0.1) is 0 Å². The van der Waals surface area contributed by atoms with E-state index in [4.69, 9.17) is 11.6 Å². The lowest BCUT2D eigenvalue weighted by molar-refractivity contribution is 0.174. The lowest BCUT2D eigenvalue weighted by Gasteiger charge is -2.18. The van der Waals surface area contributed by atoms with Gasteiger partial charge in [0, 0.05) is 61.4 Å². The minimum atomic E-state index is -0.627. The van der Waals surface area contributed by atoms with Crippen LogP contribution in [0.4, 0.5) is 5.69 Å². The van der Waals surface area contributed by atoms with Crippen molar-refractivity contribution in [3.05, 3.63) is 58.9 Å². The van der Waals surface area contributed by atoms with Crippen molar-refractivity contribution in [2.45, 2.75) is 12.6 Å². The number of benzene rings is 1. The molecule has 0 aliphatic carbocycles. The number of halogens is 1. The third kappa shape index (κ3) is 4.17. The van der Waals surface area contributed by atoms with E-state index < -0.39 is 6.10 Å². The van der Waals surface area contributed by atoms with E-state index in [1.807, 2.05) is 49.5 Å². The van der Waals surface area contributed by atoms with Crippen LogP contribution in [0, 0.1) is 0 Å². The van der Waals surface area contributed by atoms with Crippen LogP contribution in [0.15, 0.2) is 42.7 Å². The number of anilines is 1. The molecule has 112 valence electrons. The van der Waals surface area contributed by atoms with E-state index in [-0.39, 0.29) is 0 Å². The van der Waals surface area contributed by atoms with E-state index in [9.17, 15) is 5.11 Å². The van der Waals surface area contributed by atoms with Gasteiger partial charge >= 0.3 is 0 Å². The van der Waals surface area contributed by atoms with E-state index in [0.29, 0.717) is 18.1 Å². The Morgan fingerprint density at radius 1 is 1.29 bits per heavy atom. The van der Waals surface area contributed by atoms with Crippen molar-refractivity contribution in [3.63, 3.8) is 0 Å². The van der Waals surface area contributed by atoms with Crippen LogP contribution in [0.1, 0.15) is 17.2 Å². The zero-order valence-electron chi connectivity index (χ0n) is 12.3. The average molecular weight is 306 g/mol. The zero-order valence-corrected chi connectivity index (χ0v) is 13.0. The Labute approximate surface area is 130 Å². The maximum atomic E-state index is 10.2. The maximum absolute atomic E-state index is 10.2. The Balaban J connectivity index is 1.95. The molecular formula is C16H20ClN3O. The molecule has 21 heavy (non-hydrogen) atoms. The molecular weight excluding hydrogens is 286 g/mol. The lowest BCUT2D eigenvalue weighted by atomic mass is 10.1. The van der Waals surface area contributed by atoms with Gasteiger partial charge in [0.1, 0.15) is 0 Å². The molecule has 2 N–H and O–H groups in total. The molecule has 0 aliphatic heterocycles. The summed E-state index contributed by atoms with van der Waals surface area (Å²) in [6.45, 7) is 1.08. The van der Waals surface area contributed by atoms with Gasteiger partial charge in [-0.05, 0) is 12.1 Å². The highest BCUT2D eigenvalue weighted by molar-refractivity contribution is 6.31. The number of aliphatic hydroxyl groups is 1. The van der Waals surface area contributed by atoms with Crippen LogP contribution < -0.4 is 10.2 Å². The smallest absolute Gasteiger partial charge is 0.0928 e. The Bertz CT molecular complexity index is 589. The second-order valence-corrected chi connectivity index (χ2v) is 5.47. The van der Waals surface area contributed by atoms with Crippen LogP contribution in [-0.4, -0.2) is 30.7 Å². The van der Waals surface area contributed by atoms with E-state index >= 15 is 0 Å². The highest BCUT2D eigenvalue weighted by Crippen LogP contribution is 2.22. The summed E-state index contributed by atoms with van der Waals surface area (Å²) in [7, 11) is 3.99. The monoisotopic (exact) mass is 305 g/mol. The van der Waals surface area contributed by atoms with Gasteiger partial charge in [0.15, 0.2) is 0 Å². The number of rotatable bonds is 6. The fraction of sp³-hybridized carbons (Fsp3) is 0.312. The van der Waals surface area contributed by atoms with Crippen molar-refractivity contribution < 1.29 is 5.11 Å². The van der Waals surface area contributed by atoms with Crippen LogP contribution in [0.5, 0.6) is 0 Å². The molecule has 1 aromatic carbocycles. The normalized spacial score (nSPS) is 12.2. The Kier molecular flexibility index (Phi) is 5.56. The fourth-order valence-corrected chi connectivity index (χ4v) is 2.45. The number of pyridine rings is 1. The predicted molar refractivity (Wildman–Crippen MR) is 86.7 cm³/mol. The first-order valence-electron chi connectivity index (χ1n) is 6.83. The quantitative estimate of drug-likeness (QED) is 0.861. The molecule has 0 bridgehead atoms. The van der Waals surface area contributed by atoms with Gasteiger partial charge in [0.25, 0.3) is 0 Å². The summed E-state index contributed by atoms with van der Waals surface area (Å²) < 4.78 is 0. The molecule has 2 rings (SSSR count). The molecule has 0 amide bonds. The minimum Gasteiger partial charge on any atom is -0.387 e. The van der Waals surface area contributed by atoms with E-state index in [1.165, 1.54) is 0 Å². The SMILES string of the molecule is CN(C)c1ccncc1CNC[C@@H](O)c1ccccc1Cl. The predicted octanol–water partition coefficient (Wildman–Crippen LogP) is 2.62. The number of nitrogens with one attached hydrogen (secondary N) is 1. The first-order chi connectivity index (χ1) is 10.1. The van der Waals surface area contributed by atoms with Crippen molar-refractivity contribution in [1.82, 2.24) is 10.3 Å². The second-order valence-electron chi connectivity index (χ2n) is 5.07. The topological polar surface area (TPSA) is 48.4 Å². The third-order valence-corrected chi connectivity index (χ3v) is 3.62. The molecule has 0 spiro atoms. The molecule has 0 saturated carbocycles. The summed E-state index contributed by atoms with van der Waals surface area (Å²) >= 11 is 6.08. The maximum Gasteiger partial charge on any atom is 0.0928 e. The van der Waals surface area contributed by atoms with Gasteiger partial charge in [-0.2, -0.15) is 0 Å². The van der Waals surface area contributed by atoms with Crippen molar-refractivity contribution in [1.29, 1.82) is 0 Å². The highest BCUT2D eigenvalue weighted by atomic mass is 35.5. The minimum absolute atomic E-state index is 0.436. The van der Waals surface area contributed by atoms with E-state index in [0.717, 1.165) is 16.8 Å². The van der Waals surface area contributed by atoms with Gasteiger partial charge in [-0.3, -0.25) is 4.98 Å². The van der Waals surface area contributed by atoms with Gasteiger partial charge in [-0.1, -0.05) is 29.8 Å². The molecule has 0 saturated heterocycles. The van der Waals surface area contributed by atoms with Gasteiger partial charge in [-0.25, -0.2) is 0 Å².